The molecule has 0 N–H and O–H groups in total. The summed E-state index contributed by atoms with van der Waals surface area (Å²) < 4.78 is 35.8. The van der Waals surface area contributed by atoms with E-state index in [1.807, 2.05) is 0 Å². The van der Waals surface area contributed by atoms with E-state index in [9.17, 15) is 18.0 Å². The number of likely N-dealkylation sites (N-methyl/N-ethyl adjacent to an activating group) is 1. The molecule has 0 fully saturated rings. The molecule has 0 radical (unpaired) electrons. The van der Waals surface area contributed by atoms with Crippen LogP contribution < -0.4 is 0 Å². The molecular formula is C9H12F3NO. The van der Waals surface area contributed by atoms with Gasteiger partial charge in [0.2, 0.25) is 5.91 Å². The molecule has 1 aliphatic carbocycles. The summed E-state index contributed by atoms with van der Waals surface area (Å²) in [5.41, 5.74) is 0.511. The summed E-state index contributed by atoms with van der Waals surface area (Å²) in [5.74, 6) is -0.500. The maximum atomic E-state index is 11.9. The first-order chi connectivity index (χ1) is 6.40. The molecule has 0 spiro atoms. The maximum absolute atomic E-state index is 11.9. The number of carbonyl (C=O) groups excluding carboxylic acids is 1. The largest absolute Gasteiger partial charge is 0.406 e. The van der Waals surface area contributed by atoms with Crippen LogP contribution in [0.2, 0.25) is 0 Å². The second-order valence-electron chi connectivity index (χ2n) is 3.40. The van der Waals surface area contributed by atoms with E-state index in [1.54, 1.807) is 6.08 Å². The highest BCUT2D eigenvalue weighted by atomic mass is 19.4. The van der Waals surface area contributed by atoms with Crippen LogP contribution >= 0.6 is 0 Å². The third-order valence-corrected chi connectivity index (χ3v) is 2.08. The van der Waals surface area contributed by atoms with Crippen molar-refractivity contribution in [1.82, 2.24) is 4.90 Å². The second-order valence-corrected chi connectivity index (χ2v) is 3.40. The summed E-state index contributed by atoms with van der Waals surface area (Å²) in [6.45, 7) is -1.18. The van der Waals surface area contributed by atoms with Crippen LogP contribution in [0.1, 0.15) is 19.3 Å². The first kappa shape index (κ1) is 11.1. The van der Waals surface area contributed by atoms with Crippen LogP contribution in [0.4, 0.5) is 13.2 Å². The molecule has 0 aromatic heterocycles. The molecule has 1 amide bonds. The Balaban J connectivity index is 2.52. The van der Waals surface area contributed by atoms with Crippen molar-refractivity contribution in [3.05, 3.63) is 11.6 Å². The lowest BCUT2D eigenvalue weighted by atomic mass is 10.2. The van der Waals surface area contributed by atoms with Gasteiger partial charge in [-0.3, -0.25) is 4.79 Å². The van der Waals surface area contributed by atoms with Crippen molar-refractivity contribution >= 4 is 5.91 Å². The van der Waals surface area contributed by atoms with Crippen molar-refractivity contribution in [2.75, 3.05) is 13.6 Å². The number of allylic oxidation sites excluding steroid dienone is 1. The van der Waals surface area contributed by atoms with E-state index >= 15 is 0 Å². The summed E-state index contributed by atoms with van der Waals surface area (Å²) in [5, 5.41) is 0. The molecule has 2 nitrogen and oxygen atoms in total. The van der Waals surface area contributed by atoms with Crippen molar-refractivity contribution in [3.63, 3.8) is 0 Å². The molecule has 80 valence electrons. The molecule has 14 heavy (non-hydrogen) atoms. The zero-order valence-corrected chi connectivity index (χ0v) is 7.90. The van der Waals surface area contributed by atoms with Gasteiger partial charge in [0.15, 0.2) is 0 Å². The first-order valence-electron chi connectivity index (χ1n) is 4.41. The van der Waals surface area contributed by atoms with Crippen LogP contribution in [0.25, 0.3) is 0 Å². The summed E-state index contributed by atoms with van der Waals surface area (Å²) in [6, 6.07) is 0. The molecule has 0 unspecified atom stereocenters. The van der Waals surface area contributed by atoms with Gasteiger partial charge in [0, 0.05) is 12.6 Å². The van der Waals surface area contributed by atoms with E-state index in [-0.39, 0.29) is 0 Å². The van der Waals surface area contributed by atoms with Crippen LogP contribution in [0.5, 0.6) is 0 Å². The second kappa shape index (κ2) is 4.02. The Kier molecular flexibility index (Phi) is 3.18. The SMILES string of the molecule is CN(CC(F)(F)F)C(=O)C1=CCCC1. The zero-order valence-electron chi connectivity index (χ0n) is 7.90. The smallest absolute Gasteiger partial charge is 0.333 e. The molecular weight excluding hydrogens is 195 g/mol. The van der Waals surface area contributed by atoms with Crippen molar-refractivity contribution < 1.29 is 18.0 Å². The number of hydrogen-bond donors (Lipinski definition) is 0. The first-order valence-corrected chi connectivity index (χ1v) is 4.41. The highest BCUT2D eigenvalue weighted by molar-refractivity contribution is 5.93. The van der Waals surface area contributed by atoms with Crippen molar-refractivity contribution in [1.29, 1.82) is 0 Å². The topological polar surface area (TPSA) is 20.3 Å². The Bertz CT molecular complexity index is 257. The molecule has 5 heteroatoms. The van der Waals surface area contributed by atoms with Gasteiger partial charge in [0.05, 0.1) is 0 Å². The predicted molar refractivity (Wildman–Crippen MR) is 45.6 cm³/mol. The fraction of sp³-hybridized carbons (Fsp3) is 0.667. The minimum absolute atomic E-state index is 0.500. The van der Waals surface area contributed by atoms with E-state index in [1.165, 1.54) is 7.05 Å². The van der Waals surface area contributed by atoms with Gasteiger partial charge < -0.3 is 4.90 Å². The Hall–Kier alpha value is -1.00. The number of amides is 1. The predicted octanol–water partition coefficient (Wildman–Crippen LogP) is 2.12. The number of hydrogen-bond acceptors (Lipinski definition) is 1. The number of halogens is 3. The normalized spacial score (nSPS) is 16.7. The molecule has 0 saturated heterocycles. The fourth-order valence-electron chi connectivity index (χ4n) is 1.45. The zero-order chi connectivity index (χ0) is 10.8. The quantitative estimate of drug-likeness (QED) is 0.679. The van der Waals surface area contributed by atoms with Gasteiger partial charge in [-0.25, -0.2) is 0 Å². The maximum Gasteiger partial charge on any atom is 0.406 e. The highest BCUT2D eigenvalue weighted by Gasteiger charge is 2.32. The van der Waals surface area contributed by atoms with E-state index < -0.39 is 18.6 Å². The average Bonchev–Trinajstić information content (AvgIpc) is 2.51. The van der Waals surface area contributed by atoms with E-state index in [2.05, 4.69) is 0 Å². The van der Waals surface area contributed by atoms with Gasteiger partial charge >= 0.3 is 6.18 Å². The minimum atomic E-state index is -4.32. The van der Waals surface area contributed by atoms with E-state index in [0.717, 1.165) is 17.7 Å². The Labute approximate surface area is 80.4 Å². The summed E-state index contributed by atoms with van der Waals surface area (Å²) in [7, 11) is 1.18. The third kappa shape index (κ3) is 3.05. The van der Waals surface area contributed by atoms with E-state index in [4.69, 9.17) is 0 Å². The van der Waals surface area contributed by atoms with Crippen LogP contribution in [0, 0.1) is 0 Å². The molecule has 0 aromatic carbocycles. The molecule has 0 aliphatic heterocycles. The Morgan fingerprint density at radius 3 is 2.64 bits per heavy atom. The lowest BCUT2D eigenvalue weighted by Gasteiger charge is -2.19. The van der Waals surface area contributed by atoms with Gasteiger partial charge in [-0.05, 0) is 19.3 Å². The van der Waals surface area contributed by atoms with Gasteiger partial charge in [-0.1, -0.05) is 6.08 Å². The van der Waals surface area contributed by atoms with Crippen LogP contribution in [-0.2, 0) is 4.79 Å². The van der Waals surface area contributed by atoms with Crippen LogP contribution in [0.15, 0.2) is 11.6 Å². The Morgan fingerprint density at radius 1 is 1.57 bits per heavy atom. The standard InChI is InChI=1S/C9H12F3NO/c1-13(6-9(10,11)12)8(14)7-4-2-3-5-7/h4H,2-3,5-6H2,1H3. The van der Waals surface area contributed by atoms with Crippen molar-refractivity contribution in [2.45, 2.75) is 25.4 Å². The van der Waals surface area contributed by atoms with E-state index in [0.29, 0.717) is 12.0 Å². The molecule has 0 aromatic rings. The highest BCUT2D eigenvalue weighted by Crippen LogP contribution is 2.21. The van der Waals surface area contributed by atoms with Gasteiger partial charge in [0.1, 0.15) is 6.54 Å². The number of rotatable bonds is 2. The average molecular weight is 207 g/mol. The summed E-state index contributed by atoms with van der Waals surface area (Å²) in [6.07, 6.45) is -0.346. The lowest BCUT2D eigenvalue weighted by molar-refractivity contribution is -0.156. The van der Waals surface area contributed by atoms with Crippen molar-refractivity contribution in [2.24, 2.45) is 0 Å². The van der Waals surface area contributed by atoms with Crippen LogP contribution in [-0.4, -0.2) is 30.6 Å². The number of nitrogens with zero attached hydrogens (tertiary/aromatic N) is 1. The molecule has 1 aliphatic rings. The monoisotopic (exact) mass is 207 g/mol. The fourth-order valence-corrected chi connectivity index (χ4v) is 1.45. The molecule has 0 heterocycles. The lowest BCUT2D eigenvalue weighted by Crippen LogP contribution is -2.36. The number of alkyl halides is 3. The van der Waals surface area contributed by atoms with Gasteiger partial charge in [-0.2, -0.15) is 13.2 Å². The Morgan fingerprint density at radius 2 is 2.21 bits per heavy atom. The minimum Gasteiger partial charge on any atom is -0.333 e. The molecule has 0 atom stereocenters. The van der Waals surface area contributed by atoms with Crippen molar-refractivity contribution in [3.8, 4) is 0 Å². The van der Waals surface area contributed by atoms with Gasteiger partial charge in [0.25, 0.3) is 0 Å². The third-order valence-electron chi connectivity index (χ3n) is 2.08. The summed E-state index contributed by atoms with van der Waals surface area (Å²) >= 11 is 0. The molecule has 0 saturated carbocycles. The summed E-state index contributed by atoms with van der Waals surface area (Å²) in [4.78, 5) is 12.1. The van der Waals surface area contributed by atoms with Crippen LogP contribution in [0.3, 0.4) is 0 Å². The van der Waals surface area contributed by atoms with Gasteiger partial charge in [-0.15, -0.1) is 0 Å². The number of carbonyl (C=O) groups is 1. The molecule has 1 rings (SSSR count). The molecule has 0 bridgehead atoms.